The zero-order chi connectivity index (χ0) is 12.8. The standard InChI is InChI=1S/C14H22BrNO/c1-10(2)14(9-16-11(3)4)17-13-7-5-6-12(15)8-13/h5-8,10-11,14,16H,9H2,1-4H3. The Hall–Kier alpha value is -0.540. The first-order valence-electron chi connectivity index (χ1n) is 6.14. The summed E-state index contributed by atoms with van der Waals surface area (Å²) in [5.41, 5.74) is 0. The van der Waals surface area contributed by atoms with Crippen molar-refractivity contribution in [1.82, 2.24) is 5.32 Å². The van der Waals surface area contributed by atoms with Crippen molar-refractivity contribution in [3.63, 3.8) is 0 Å². The summed E-state index contributed by atoms with van der Waals surface area (Å²) in [7, 11) is 0. The van der Waals surface area contributed by atoms with Crippen molar-refractivity contribution in [2.75, 3.05) is 6.54 Å². The van der Waals surface area contributed by atoms with Crippen LogP contribution in [0.5, 0.6) is 5.75 Å². The minimum absolute atomic E-state index is 0.201. The molecule has 0 aliphatic rings. The summed E-state index contributed by atoms with van der Waals surface area (Å²) < 4.78 is 7.06. The molecule has 1 N–H and O–H groups in total. The summed E-state index contributed by atoms with van der Waals surface area (Å²) in [5.74, 6) is 1.41. The number of rotatable bonds is 6. The Morgan fingerprint density at radius 3 is 2.47 bits per heavy atom. The van der Waals surface area contributed by atoms with E-state index in [-0.39, 0.29) is 6.10 Å². The van der Waals surface area contributed by atoms with Gasteiger partial charge in [-0.25, -0.2) is 0 Å². The van der Waals surface area contributed by atoms with Crippen molar-refractivity contribution < 1.29 is 4.74 Å². The number of ether oxygens (including phenoxy) is 1. The minimum atomic E-state index is 0.201. The van der Waals surface area contributed by atoms with E-state index in [0.717, 1.165) is 16.8 Å². The van der Waals surface area contributed by atoms with Gasteiger partial charge >= 0.3 is 0 Å². The monoisotopic (exact) mass is 299 g/mol. The van der Waals surface area contributed by atoms with Gasteiger partial charge in [-0.3, -0.25) is 0 Å². The summed E-state index contributed by atoms with van der Waals surface area (Å²) in [4.78, 5) is 0. The maximum absolute atomic E-state index is 6.01. The summed E-state index contributed by atoms with van der Waals surface area (Å²) in [5, 5.41) is 3.43. The first-order chi connectivity index (χ1) is 7.99. The summed E-state index contributed by atoms with van der Waals surface area (Å²) in [6.07, 6.45) is 0.201. The average Bonchev–Trinajstić information content (AvgIpc) is 2.23. The molecule has 1 unspecified atom stereocenters. The van der Waals surface area contributed by atoms with E-state index >= 15 is 0 Å². The Bertz CT molecular complexity index is 339. The van der Waals surface area contributed by atoms with E-state index < -0.39 is 0 Å². The molecule has 0 radical (unpaired) electrons. The maximum atomic E-state index is 6.01. The highest BCUT2D eigenvalue weighted by Crippen LogP contribution is 2.20. The second-order valence-corrected chi connectivity index (χ2v) is 5.84. The van der Waals surface area contributed by atoms with Crippen LogP contribution in [-0.4, -0.2) is 18.7 Å². The number of nitrogens with one attached hydrogen (secondary N) is 1. The van der Waals surface area contributed by atoms with Crippen LogP contribution in [0.1, 0.15) is 27.7 Å². The normalized spacial score (nSPS) is 13.1. The Morgan fingerprint density at radius 1 is 1.24 bits per heavy atom. The van der Waals surface area contributed by atoms with Crippen molar-refractivity contribution in [3.05, 3.63) is 28.7 Å². The molecule has 0 saturated carbocycles. The molecule has 0 aromatic heterocycles. The van der Waals surface area contributed by atoms with Crippen LogP contribution in [0.25, 0.3) is 0 Å². The molecule has 3 heteroatoms. The topological polar surface area (TPSA) is 21.3 Å². The highest BCUT2D eigenvalue weighted by Gasteiger charge is 2.15. The van der Waals surface area contributed by atoms with Gasteiger partial charge in [0.15, 0.2) is 0 Å². The van der Waals surface area contributed by atoms with Gasteiger partial charge in [-0.2, -0.15) is 0 Å². The van der Waals surface area contributed by atoms with Gasteiger partial charge in [-0.15, -0.1) is 0 Å². The van der Waals surface area contributed by atoms with Crippen LogP contribution in [0.3, 0.4) is 0 Å². The van der Waals surface area contributed by atoms with Crippen LogP contribution in [-0.2, 0) is 0 Å². The Kier molecular flexibility index (Phi) is 6.00. The lowest BCUT2D eigenvalue weighted by molar-refractivity contribution is 0.146. The zero-order valence-corrected chi connectivity index (χ0v) is 12.6. The fourth-order valence-electron chi connectivity index (χ4n) is 1.48. The minimum Gasteiger partial charge on any atom is -0.489 e. The van der Waals surface area contributed by atoms with Crippen molar-refractivity contribution >= 4 is 15.9 Å². The third-order valence-electron chi connectivity index (χ3n) is 2.55. The molecular formula is C14H22BrNO. The summed E-state index contributed by atoms with van der Waals surface area (Å²) in [6, 6.07) is 8.48. The molecule has 0 amide bonds. The van der Waals surface area contributed by atoms with Crippen molar-refractivity contribution in [2.24, 2.45) is 5.92 Å². The van der Waals surface area contributed by atoms with E-state index in [1.54, 1.807) is 0 Å². The van der Waals surface area contributed by atoms with E-state index in [4.69, 9.17) is 4.74 Å². The number of hydrogen-bond donors (Lipinski definition) is 1. The van der Waals surface area contributed by atoms with Crippen LogP contribution >= 0.6 is 15.9 Å². The first-order valence-corrected chi connectivity index (χ1v) is 6.94. The van der Waals surface area contributed by atoms with Gasteiger partial charge in [0, 0.05) is 17.1 Å². The van der Waals surface area contributed by atoms with Gasteiger partial charge in [0.1, 0.15) is 11.9 Å². The Morgan fingerprint density at radius 2 is 1.94 bits per heavy atom. The fraction of sp³-hybridized carbons (Fsp3) is 0.571. The molecule has 0 bridgehead atoms. The predicted molar refractivity (Wildman–Crippen MR) is 76.5 cm³/mol. The molecule has 1 atom stereocenters. The number of hydrogen-bond acceptors (Lipinski definition) is 2. The lowest BCUT2D eigenvalue weighted by atomic mass is 10.1. The predicted octanol–water partition coefficient (Wildman–Crippen LogP) is 3.85. The smallest absolute Gasteiger partial charge is 0.120 e. The van der Waals surface area contributed by atoms with E-state index in [0.29, 0.717) is 12.0 Å². The molecule has 1 rings (SSSR count). The lowest BCUT2D eigenvalue weighted by Gasteiger charge is -2.24. The van der Waals surface area contributed by atoms with Crippen LogP contribution in [0, 0.1) is 5.92 Å². The van der Waals surface area contributed by atoms with Gasteiger partial charge in [-0.05, 0) is 24.1 Å². The highest BCUT2D eigenvalue weighted by molar-refractivity contribution is 9.10. The number of benzene rings is 1. The largest absolute Gasteiger partial charge is 0.489 e. The van der Waals surface area contributed by atoms with Gasteiger partial charge in [0.25, 0.3) is 0 Å². The lowest BCUT2D eigenvalue weighted by Crippen LogP contribution is -2.38. The van der Waals surface area contributed by atoms with Crippen molar-refractivity contribution in [1.29, 1.82) is 0 Å². The Balaban J connectivity index is 2.60. The SMILES string of the molecule is CC(C)NCC(Oc1cccc(Br)c1)C(C)C. The van der Waals surface area contributed by atoms with Crippen LogP contribution < -0.4 is 10.1 Å². The second-order valence-electron chi connectivity index (χ2n) is 4.92. The zero-order valence-electron chi connectivity index (χ0n) is 11.0. The summed E-state index contributed by atoms with van der Waals surface area (Å²) >= 11 is 3.46. The molecule has 0 fully saturated rings. The van der Waals surface area contributed by atoms with E-state index in [9.17, 15) is 0 Å². The Labute approximate surface area is 113 Å². The van der Waals surface area contributed by atoms with Crippen LogP contribution in [0.4, 0.5) is 0 Å². The maximum Gasteiger partial charge on any atom is 0.120 e. The fourth-order valence-corrected chi connectivity index (χ4v) is 1.86. The van der Waals surface area contributed by atoms with E-state index in [1.807, 2.05) is 24.3 Å². The van der Waals surface area contributed by atoms with Gasteiger partial charge in [-0.1, -0.05) is 49.7 Å². The molecule has 2 nitrogen and oxygen atoms in total. The molecule has 1 aromatic rings. The molecule has 1 aromatic carbocycles. The van der Waals surface area contributed by atoms with Gasteiger partial charge < -0.3 is 10.1 Å². The molecule has 0 aliphatic heterocycles. The van der Waals surface area contributed by atoms with Gasteiger partial charge in [0.2, 0.25) is 0 Å². The first kappa shape index (κ1) is 14.5. The quantitative estimate of drug-likeness (QED) is 0.861. The second kappa shape index (κ2) is 7.02. The average molecular weight is 300 g/mol. The van der Waals surface area contributed by atoms with Crippen LogP contribution in [0.15, 0.2) is 28.7 Å². The van der Waals surface area contributed by atoms with E-state index in [2.05, 4.69) is 48.9 Å². The van der Waals surface area contributed by atoms with E-state index in [1.165, 1.54) is 0 Å². The molecule has 0 spiro atoms. The van der Waals surface area contributed by atoms with Crippen LogP contribution in [0.2, 0.25) is 0 Å². The molecule has 0 heterocycles. The van der Waals surface area contributed by atoms with Crippen molar-refractivity contribution in [3.8, 4) is 5.75 Å². The molecule has 0 aliphatic carbocycles. The highest BCUT2D eigenvalue weighted by atomic mass is 79.9. The number of halogens is 1. The molecule has 17 heavy (non-hydrogen) atoms. The van der Waals surface area contributed by atoms with Crippen molar-refractivity contribution in [2.45, 2.75) is 39.8 Å². The summed E-state index contributed by atoms with van der Waals surface area (Å²) in [6.45, 7) is 9.55. The molecule has 96 valence electrons. The third kappa shape index (κ3) is 5.55. The molecule has 0 saturated heterocycles. The van der Waals surface area contributed by atoms with Gasteiger partial charge in [0.05, 0.1) is 0 Å². The molecular weight excluding hydrogens is 278 g/mol. The third-order valence-corrected chi connectivity index (χ3v) is 3.05.